The number of nitrogens with zero attached hydrogens (tertiary/aromatic N) is 2. The minimum atomic E-state index is -4.63. The standard InChI is InChI=1S/C22H21F3N4O3S/c23-22(24,25)17-2-1-3-19(14-17)33(31,32)29-12-8-16(9-13-29)21(30)28-18-6-4-15(5-7-18)20-26-10-11-27-20/h1-7,10-11,14,16H,8-9,12-13H2,(H,26,27)(H,28,30). The second-order valence-electron chi connectivity index (χ2n) is 7.71. The average molecular weight is 478 g/mol. The van der Waals surface area contributed by atoms with Crippen LogP contribution in [0, 0.1) is 5.92 Å². The largest absolute Gasteiger partial charge is 0.416 e. The van der Waals surface area contributed by atoms with Gasteiger partial charge in [0.15, 0.2) is 0 Å². The van der Waals surface area contributed by atoms with Crippen LogP contribution in [0.5, 0.6) is 0 Å². The lowest BCUT2D eigenvalue weighted by molar-refractivity contribution is -0.137. The van der Waals surface area contributed by atoms with Crippen molar-refractivity contribution < 1.29 is 26.4 Å². The van der Waals surface area contributed by atoms with E-state index in [9.17, 15) is 26.4 Å². The monoisotopic (exact) mass is 478 g/mol. The zero-order chi connectivity index (χ0) is 23.6. The van der Waals surface area contributed by atoms with Crippen molar-refractivity contribution in [2.45, 2.75) is 23.9 Å². The van der Waals surface area contributed by atoms with Crippen molar-refractivity contribution >= 4 is 21.6 Å². The Kier molecular flexibility index (Phi) is 6.26. The fourth-order valence-electron chi connectivity index (χ4n) is 3.72. The molecular weight excluding hydrogens is 457 g/mol. The number of aromatic amines is 1. The van der Waals surface area contributed by atoms with Crippen molar-refractivity contribution in [1.82, 2.24) is 14.3 Å². The van der Waals surface area contributed by atoms with Crippen LogP contribution in [0.25, 0.3) is 11.4 Å². The first-order chi connectivity index (χ1) is 15.6. The van der Waals surface area contributed by atoms with Gasteiger partial charge in [-0.25, -0.2) is 13.4 Å². The van der Waals surface area contributed by atoms with Crippen molar-refractivity contribution in [1.29, 1.82) is 0 Å². The first kappa shape index (κ1) is 23.0. The van der Waals surface area contributed by atoms with E-state index in [4.69, 9.17) is 0 Å². The summed E-state index contributed by atoms with van der Waals surface area (Å²) in [5, 5.41) is 2.83. The Morgan fingerprint density at radius 3 is 2.39 bits per heavy atom. The first-order valence-electron chi connectivity index (χ1n) is 10.2. The molecule has 1 fully saturated rings. The van der Waals surface area contributed by atoms with Crippen LogP contribution in [0.1, 0.15) is 18.4 Å². The summed E-state index contributed by atoms with van der Waals surface area (Å²) in [5.41, 5.74) is 0.455. The molecule has 2 N–H and O–H groups in total. The smallest absolute Gasteiger partial charge is 0.345 e. The molecule has 0 aliphatic carbocycles. The fourth-order valence-corrected chi connectivity index (χ4v) is 5.24. The molecule has 0 atom stereocenters. The molecule has 1 aromatic heterocycles. The molecule has 2 heterocycles. The first-order valence-corrected chi connectivity index (χ1v) is 11.7. The SMILES string of the molecule is O=C(Nc1ccc(-c2ncc[nH]2)cc1)C1CCN(S(=O)(=O)c2cccc(C(F)(F)F)c2)CC1. The molecule has 7 nitrogen and oxygen atoms in total. The summed E-state index contributed by atoms with van der Waals surface area (Å²) < 4.78 is 65.6. The van der Waals surface area contributed by atoms with E-state index >= 15 is 0 Å². The molecule has 1 aliphatic heterocycles. The van der Waals surface area contributed by atoms with E-state index in [0.29, 0.717) is 17.6 Å². The van der Waals surface area contributed by atoms with Gasteiger partial charge in [-0.1, -0.05) is 6.07 Å². The number of anilines is 1. The van der Waals surface area contributed by atoms with Crippen molar-refractivity contribution in [3.63, 3.8) is 0 Å². The Morgan fingerprint density at radius 2 is 1.79 bits per heavy atom. The fraction of sp³-hybridized carbons (Fsp3) is 0.273. The highest BCUT2D eigenvalue weighted by atomic mass is 32.2. The zero-order valence-corrected chi connectivity index (χ0v) is 18.2. The Hall–Kier alpha value is -3.18. The molecule has 0 spiro atoms. The van der Waals surface area contributed by atoms with Gasteiger partial charge in [-0.05, 0) is 55.3 Å². The number of amides is 1. The molecule has 0 saturated carbocycles. The minimum absolute atomic E-state index is 0.0497. The van der Waals surface area contributed by atoms with E-state index in [0.717, 1.165) is 28.1 Å². The number of alkyl halides is 3. The molecule has 1 saturated heterocycles. The molecule has 174 valence electrons. The predicted molar refractivity (Wildman–Crippen MR) is 116 cm³/mol. The molecule has 33 heavy (non-hydrogen) atoms. The van der Waals surface area contributed by atoms with Crippen molar-refractivity contribution in [3.8, 4) is 11.4 Å². The van der Waals surface area contributed by atoms with E-state index in [-0.39, 0.29) is 31.8 Å². The number of piperidine rings is 1. The highest BCUT2D eigenvalue weighted by Crippen LogP contribution is 2.32. The summed E-state index contributed by atoms with van der Waals surface area (Å²) in [4.78, 5) is 19.4. The van der Waals surface area contributed by atoms with Crippen LogP contribution in [0.15, 0.2) is 65.8 Å². The van der Waals surface area contributed by atoms with Crippen LogP contribution in [-0.4, -0.2) is 41.7 Å². The Labute approximate surface area is 188 Å². The van der Waals surface area contributed by atoms with Crippen LogP contribution in [0.4, 0.5) is 18.9 Å². The van der Waals surface area contributed by atoms with Crippen LogP contribution < -0.4 is 5.32 Å². The number of imidazole rings is 1. The van der Waals surface area contributed by atoms with Gasteiger partial charge in [-0.2, -0.15) is 17.5 Å². The highest BCUT2D eigenvalue weighted by molar-refractivity contribution is 7.89. The van der Waals surface area contributed by atoms with E-state index in [2.05, 4.69) is 15.3 Å². The molecule has 3 aromatic rings. The Morgan fingerprint density at radius 1 is 1.09 bits per heavy atom. The van der Waals surface area contributed by atoms with Gasteiger partial charge < -0.3 is 10.3 Å². The summed E-state index contributed by atoms with van der Waals surface area (Å²) in [7, 11) is -4.09. The number of carbonyl (C=O) groups excluding carboxylic acids is 1. The van der Waals surface area contributed by atoms with E-state index < -0.39 is 32.6 Å². The third-order valence-corrected chi connectivity index (χ3v) is 7.44. The number of benzene rings is 2. The van der Waals surface area contributed by atoms with E-state index in [1.807, 2.05) is 12.1 Å². The molecule has 0 radical (unpaired) electrons. The zero-order valence-electron chi connectivity index (χ0n) is 17.3. The topological polar surface area (TPSA) is 95.2 Å². The third-order valence-electron chi connectivity index (χ3n) is 5.55. The molecule has 2 aromatic carbocycles. The van der Waals surface area contributed by atoms with Crippen molar-refractivity contribution in [2.75, 3.05) is 18.4 Å². The maximum atomic E-state index is 13.0. The van der Waals surface area contributed by atoms with Gasteiger partial charge in [-0.3, -0.25) is 4.79 Å². The van der Waals surface area contributed by atoms with Gasteiger partial charge in [0.25, 0.3) is 0 Å². The molecule has 11 heteroatoms. The minimum Gasteiger partial charge on any atom is -0.345 e. The van der Waals surface area contributed by atoms with Crippen LogP contribution in [-0.2, 0) is 21.0 Å². The molecule has 0 unspecified atom stereocenters. The maximum absolute atomic E-state index is 13.0. The van der Waals surface area contributed by atoms with Gasteiger partial charge in [0, 0.05) is 42.7 Å². The van der Waals surface area contributed by atoms with Crippen LogP contribution in [0.2, 0.25) is 0 Å². The number of halogens is 3. The summed E-state index contributed by atoms with van der Waals surface area (Å²) in [5.74, 6) is 0.0850. The highest BCUT2D eigenvalue weighted by Gasteiger charge is 2.35. The molecule has 1 amide bonds. The van der Waals surface area contributed by atoms with Crippen molar-refractivity contribution in [3.05, 3.63) is 66.5 Å². The number of sulfonamides is 1. The molecule has 0 bridgehead atoms. The third kappa shape index (κ3) is 5.09. The maximum Gasteiger partial charge on any atom is 0.416 e. The van der Waals surface area contributed by atoms with Gasteiger partial charge in [0.1, 0.15) is 5.82 Å². The number of H-pyrrole nitrogens is 1. The van der Waals surface area contributed by atoms with Crippen molar-refractivity contribution in [2.24, 2.45) is 5.92 Å². The lowest BCUT2D eigenvalue weighted by atomic mass is 9.97. The summed E-state index contributed by atoms with van der Waals surface area (Å²) in [6.07, 6.45) is -0.731. The Bertz CT molecular complexity index is 1220. The van der Waals surface area contributed by atoms with Gasteiger partial charge >= 0.3 is 6.18 Å². The van der Waals surface area contributed by atoms with Crippen LogP contribution in [0.3, 0.4) is 0 Å². The van der Waals surface area contributed by atoms with E-state index in [1.54, 1.807) is 24.5 Å². The molecular formula is C22H21F3N4O3S. The molecule has 4 rings (SSSR count). The number of hydrogen-bond donors (Lipinski definition) is 2. The van der Waals surface area contributed by atoms with Gasteiger partial charge in [0.05, 0.1) is 10.5 Å². The lowest BCUT2D eigenvalue weighted by Gasteiger charge is -2.30. The lowest BCUT2D eigenvalue weighted by Crippen LogP contribution is -2.41. The number of rotatable bonds is 5. The second-order valence-corrected chi connectivity index (χ2v) is 9.65. The number of aromatic nitrogens is 2. The summed E-state index contributed by atoms with van der Waals surface area (Å²) in [6, 6.07) is 10.8. The van der Waals surface area contributed by atoms with Gasteiger partial charge in [-0.15, -0.1) is 0 Å². The summed E-state index contributed by atoms with van der Waals surface area (Å²) >= 11 is 0. The number of hydrogen-bond acceptors (Lipinski definition) is 4. The normalized spacial score (nSPS) is 16.0. The Balaban J connectivity index is 1.37. The molecule has 1 aliphatic rings. The van der Waals surface area contributed by atoms with Crippen LogP contribution >= 0.6 is 0 Å². The predicted octanol–water partition coefficient (Wildman–Crippen LogP) is 4.13. The quantitative estimate of drug-likeness (QED) is 0.576. The van der Waals surface area contributed by atoms with Gasteiger partial charge in [0.2, 0.25) is 15.9 Å². The van der Waals surface area contributed by atoms with E-state index in [1.165, 1.54) is 0 Å². The summed E-state index contributed by atoms with van der Waals surface area (Å²) in [6.45, 7) is 0.0994. The average Bonchev–Trinajstić information content (AvgIpc) is 3.34. The second kappa shape index (κ2) is 8.99. The number of carbonyl (C=O) groups is 1. The number of nitrogens with one attached hydrogen (secondary N) is 2.